The summed E-state index contributed by atoms with van der Waals surface area (Å²) >= 11 is 14.0. The quantitative estimate of drug-likeness (QED) is 0.355. The molecule has 3 rings (SSSR count). The van der Waals surface area contributed by atoms with Crippen molar-refractivity contribution >= 4 is 46.6 Å². The van der Waals surface area contributed by atoms with Crippen LogP contribution in [-0.2, 0) is 6.42 Å². The van der Waals surface area contributed by atoms with Crippen molar-refractivity contribution in [2.45, 2.75) is 56.9 Å². The molecule has 30 heavy (non-hydrogen) atoms. The molecule has 0 unspecified atom stereocenters. The van der Waals surface area contributed by atoms with Crippen molar-refractivity contribution in [1.29, 1.82) is 0 Å². The largest absolute Gasteiger partial charge is 0.477 e. The van der Waals surface area contributed by atoms with E-state index in [9.17, 15) is 9.90 Å². The lowest BCUT2D eigenvalue weighted by Crippen LogP contribution is -2.18. The van der Waals surface area contributed by atoms with Gasteiger partial charge >= 0.3 is 5.97 Å². The van der Waals surface area contributed by atoms with Gasteiger partial charge in [0.25, 0.3) is 0 Å². The highest BCUT2D eigenvalue weighted by molar-refractivity contribution is 7.13. The summed E-state index contributed by atoms with van der Waals surface area (Å²) in [5.41, 5.74) is 2.14. The summed E-state index contributed by atoms with van der Waals surface area (Å²) in [6, 6.07) is 5.40. The number of rotatable bonds is 8. The van der Waals surface area contributed by atoms with E-state index in [4.69, 9.17) is 28.3 Å². The number of thiophene rings is 1. The maximum atomic E-state index is 11.0. The zero-order valence-electron chi connectivity index (χ0n) is 17.1. The van der Waals surface area contributed by atoms with Crippen molar-refractivity contribution in [2.75, 3.05) is 0 Å². The van der Waals surface area contributed by atoms with Crippen LogP contribution >= 0.6 is 34.5 Å². The van der Waals surface area contributed by atoms with Crippen LogP contribution in [0.5, 0.6) is 0 Å². The highest BCUT2D eigenvalue weighted by atomic mass is 35.5. The predicted octanol–water partition coefficient (Wildman–Crippen LogP) is 6.26. The second kappa shape index (κ2) is 10.3. The third-order valence-electron chi connectivity index (χ3n) is 5.76. The molecule has 1 aliphatic carbocycles. The zero-order chi connectivity index (χ0) is 21.8. The number of aryl methyl sites for hydroxylation is 1. The van der Waals surface area contributed by atoms with E-state index in [0.29, 0.717) is 22.4 Å². The number of alkyl halides is 1. The Bertz CT molecular complexity index is 912. The molecule has 2 N–H and O–H groups in total. The van der Waals surface area contributed by atoms with E-state index in [1.807, 2.05) is 24.4 Å². The maximum Gasteiger partial charge on any atom is 0.345 e. The molecule has 2 aromatic rings. The number of aliphatic hydroxyl groups is 1. The molecule has 1 fully saturated rings. The number of carboxylic acid groups (broad SMARTS) is 1. The van der Waals surface area contributed by atoms with E-state index in [1.165, 1.54) is 11.3 Å². The SMILES string of the molecule is CC(C)c1cnc(Cl)cc1C=C[C@@H]1[C@@H](CCCc2ccc(C(=O)O)s2)[C@H](Cl)C[C@H]1O. The molecule has 2 aromatic heterocycles. The number of hydrogen-bond acceptors (Lipinski definition) is 4. The van der Waals surface area contributed by atoms with E-state index in [0.717, 1.165) is 35.3 Å². The van der Waals surface area contributed by atoms with Gasteiger partial charge in [-0.3, -0.25) is 0 Å². The average molecular weight is 468 g/mol. The first-order valence-electron chi connectivity index (χ1n) is 10.2. The van der Waals surface area contributed by atoms with E-state index < -0.39 is 12.1 Å². The molecule has 7 heteroatoms. The molecular weight excluding hydrogens is 441 g/mol. The summed E-state index contributed by atoms with van der Waals surface area (Å²) in [6.45, 7) is 4.23. The van der Waals surface area contributed by atoms with Gasteiger partial charge in [-0.15, -0.1) is 22.9 Å². The number of nitrogens with zero attached hydrogens (tertiary/aromatic N) is 1. The van der Waals surface area contributed by atoms with Crippen LogP contribution in [0.25, 0.3) is 6.08 Å². The molecule has 2 heterocycles. The second-order valence-corrected chi connectivity index (χ2v) is 10.3. The van der Waals surface area contributed by atoms with Crippen LogP contribution in [0.15, 0.2) is 30.5 Å². The Hall–Kier alpha value is -1.40. The van der Waals surface area contributed by atoms with Crippen molar-refractivity contribution in [3.05, 3.63) is 56.5 Å². The first-order chi connectivity index (χ1) is 14.3. The zero-order valence-corrected chi connectivity index (χ0v) is 19.4. The van der Waals surface area contributed by atoms with Crippen LogP contribution in [0.2, 0.25) is 5.15 Å². The summed E-state index contributed by atoms with van der Waals surface area (Å²) in [5.74, 6) is -0.400. The number of pyridine rings is 1. The highest BCUT2D eigenvalue weighted by Crippen LogP contribution is 2.40. The smallest absolute Gasteiger partial charge is 0.345 e. The Morgan fingerprint density at radius 2 is 2.17 bits per heavy atom. The molecule has 0 radical (unpaired) electrons. The van der Waals surface area contributed by atoms with E-state index >= 15 is 0 Å². The second-order valence-electron chi connectivity index (χ2n) is 8.17. The van der Waals surface area contributed by atoms with Gasteiger partial charge < -0.3 is 10.2 Å². The normalized spacial score (nSPS) is 24.2. The van der Waals surface area contributed by atoms with Gasteiger partial charge in [0.2, 0.25) is 0 Å². The van der Waals surface area contributed by atoms with Crippen LogP contribution in [0.1, 0.15) is 64.7 Å². The van der Waals surface area contributed by atoms with E-state index in [-0.39, 0.29) is 17.2 Å². The fourth-order valence-electron chi connectivity index (χ4n) is 4.17. The number of hydrogen-bond donors (Lipinski definition) is 2. The molecule has 0 bridgehead atoms. The molecule has 0 aromatic carbocycles. The number of halogens is 2. The molecule has 0 saturated heterocycles. The van der Waals surface area contributed by atoms with Crippen LogP contribution < -0.4 is 0 Å². The molecule has 162 valence electrons. The highest BCUT2D eigenvalue weighted by Gasteiger charge is 2.39. The minimum Gasteiger partial charge on any atom is -0.477 e. The Morgan fingerprint density at radius 1 is 1.40 bits per heavy atom. The average Bonchev–Trinajstić information content (AvgIpc) is 3.25. The van der Waals surface area contributed by atoms with Gasteiger partial charge in [0.15, 0.2) is 0 Å². The summed E-state index contributed by atoms with van der Waals surface area (Å²) in [6.07, 6.45) is 8.65. The van der Waals surface area contributed by atoms with Crippen LogP contribution in [0, 0.1) is 11.8 Å². The van der Waals surface area contributed by atoms with Gasteiger partial charge in [0.05, 0.1) is 6.10 Å². The van der Waals surface area contributed by atoms with Gasteiger partial charge in [-0.25, -0.2) is 9.78 Å². The standard InChI is InChI=1S/C23H27Cl2NO3S/c1-13(2)18-12-26-22(25)10-14(18)6-8-17-16(19(24)11-20(17)27)5-3-4-15-7-9-21(30-15)23(28)29/h6-10,12-13,16-17,19-20,27H,3-5,11H2,1-2H3,(H,28,29)/t16-,17-,19-,20-/m1/s1. The first-order valence-corrected chi connectivity index (χ1v) is 11.9. The van der Waals surface area contributed by atoms with Crippen LogP contribution in [-0.4, -0.2) is 32.6 Å². The van der Waals surface area contributed by atoms with Gasteiger partial charge in [0, 0.05) is 22.4 Å². The summed E-state index contributed by atoms with van der Waals surface area (Å²) < 4.78 is 0. The van der Waals surface area contributed by atoms with Gasteiger partial charge in [-0.05, 0) is 66.8 Å². The predicted molar refractivity (Wildman–Crippen MR) is 124 cm³/mol. The van der Waals surface area contributed by atoms with Crippen molar-refractivity contribution < 1.29 is 15.0 Å². The maximum absolute atomic E-state index is 11.0. The lowest BCUT2D eigenvalue weighted by Gasteiger charge is -2.20. The van der Waals surface area contributed by atoms with Gasteiger partial charge in [-0.2, -0.15) is 0 Å². The number of carboxylic acids is 1. The number of aliphatic hydroxyl groups excluding tert-OH is 1. The fourth-order valence-corrected chi connectivity index (χ4v) is 5.70. The van der Waals surface area contributed by atoms with Gasteiger partial charge in [-0.1, -0.05) is 37.6 Å². The lowest BCUT2D eigenvalue weighted by molar-refractivity contribution is 0.0702. The molecule has 1 saturated carbocycles. The van der Waals surface area contributed by atoms with Crippen molar-refractivity contribution in [3.8, 4) is 0 Å². The number of aromatic nitrogens is 1. The van der Waals surface area contributed by atoms with Crippen LogP contribution in [0.4, 0.5) is 0 Å². The molecule has 0 aliphatic heterocycles. The molecule has 0 spiro atoms. The third kappa shape index (κ3) is 5.64. The van der Waals surface area contributed by atoms with E-state index in [1.54, 1.807) is 6.07 Å². The summed E-state index contributed by atoms with van der Waals surface area (Å²) in [4.78, 5) is 16.7. The molecule has 1 aliphatic rings. The molecule has 4 atom stereocenters. The number of carbonyl (C=O) groups is 1. The number of aromatic carboxylic acids is 1. The lowest BCUT2D eigenvalue weighted by atomic mass is 9.88. The van der Waals surface area contributed by atoms with Crippen molar-refractivity contribution in [2.24, 2.45) is 11.8 Å². The van der Waals surface area contributed by atoms with E-state index in [2.05, 4.69) is 24.9 Å². The van der Waals surface area contributed by atoms with Crippen molar-refractivity contribution in [1.82, 2.24) is 4.98 Å². The molecule has 4 nitrogen and oxygen atoms in total. The summed E-state index contributed by atoms with van der Waals surface area (Å²) in [7, 11) is 0. The monoisotopic (exact) mass is 467 g/mol. The van der Waals surface area contributed by atoms with Crippen molar-refractivity contribution in [3.63, 3.8) is 0 Å². The molecule has 0 amide bonds. The molecular formula is C23H27Cl2NO3S. The fraction of sp³-hybridized carbons (Fsp3) is 0.478. The minimum atomic E-state index is -0.881. The summed E-state index contributed by atoms with van der Waals surface area (Å²) in [5, 5.41) is 20.0. The van der Waals surface area contributed by atoms with Crippen LogP contribution in [0.3, 0.4) is 0 Å². The first kappa shape index (κ1) is 23.3. The topological polar surface area (TPSA) is 70.4 Å². The third-order valence-corrected chi connectivity index (χ3v) is 7.60. The van der Waals surface area contributed by atoms with Gasteiger partial charge in [0.1, 0.15) is 10.0 Å². The minimum absolute atomic E-state index is 0.0163. The Labute approximate surface area is 191 Å². The Morgan fingerprint density at radius 3 is 2.83 bits per heavy atom. The Kier molecular flexibility index (Phi) is 7.97. The Balaban J connectivity index is 1.68.